The third kappa shape index (κ3) is 4.45. The summed E-state index contributed by atoms with van der Waals surface area (Å²) in [7, 11) is 1.70. The second-order valence-corrected chi connectivity index (χ2v) is 6.00. The molecule has 2 rings (SSSR count). The predicted molar refractivity (Wildman–Crippen MR) is 86.1 cm³/mol. The second kappa shape index (κ2) is 8.21. The average molecular weight is 290 g/mol. The minimum Gasteiger partial charge on any atom is -0.497 e. The van der Waals surface area contributed by atoms with E-state index in [1.165, 1.54) is 23.5 Å². The van der Waals surface area contributed by atoms with Crippen LogP contribution in [-0.2, 0) is 6.54 Å². The van der Waals surface area contributed by atoms with Gasteiger partial charge in [0, 0.05) is 24.4 Å². The van der Waals surface area contributed by atoms with Crippen molar-refractivity contribution >= 4 is 11.8 Å². The standard InChI is InChI=1S/C16H22N2OS/c1-19-16-6-5-14(4-2-7-17)15(12-16)13-18-8-3-10-20-11-9-18/h5-6,12H,3,7-11,13,17H2,1H3. The second-order valence-electron chi connectivity index (χ2n) is 4.77. The summed E-state index contributed by atoms with van der Waals surface area (Å²) in [6.07, 6.45) is 1.26. The minimum atomic E-state index is 0.395. The van der Waals surface area contributed by atoms with Gasteiger partial charge in [0.1, 0.15) is 5.75 Å². The molecule has 0 atom stereocenters. The molecule has 4 heteroatoms. The molecule has 1 heterocycles. The molecule has 0 unspecified atom stereocenters. The topological polar surface area (TPSA) is 38.5 Å². The monoisotopic (exact) mass is 290 g/mol. The van der Waals surface area contributed by atoms with Gasteiger partial charge in [-0.2, -0.15) is 11.8 Å². The van der Waals surface area contributed by atoms with Gasteiger partial charge in [0.2, 0.25) is 0 Å². The van der Waals surface area contributed by atoms with E-state index in [9.17, 15) is 0 Å². The van der Waals surface area contributed by atoms with E-state index in [-0.39, 0.29) is 0 Å². The molecule has 0 bridgehead atoms. The van der Waals surface area contributed by atoms with Crippen molar-refractivity contribution < 1.29 is 4.74 Å². The van der Waals surface area contributed by atoms with E-state index in [4.69, 9.17) is 10.5 Å². The summed E-state index contributed by atoms with van der Waals surface area (Å²) in [6, 6.07) is 6.09. The Morgan fingerprint density at radius 2 is 2.25 bits per heavy atom. The lowest BCUT2D eigenvalue weighted by atomic mass is 10.1. The van der Waals surface area contributed by atoms with E-state index in [2.05, 4.69) is 22.8 Å². The highest BCUT2D eigenvalue weighted by Gasteiger charge is 2.12. The number of nitrogens with two attached hydrogens (primary N) is 1. The third-order valence-electron chi connectivity index (χ3n) is 3.35. The minimum absolute atomic E-state index is 0.395. The molecule has 1 aromatic rings. The number of methoxy groups -OCH3 is 1. The van der Waals surface area contributed by atoms with Crippen LogP contribution >= 0.6 is 11.8 Å². The highest BCUT2D eigenvalue weighted by Crippen LogP contribution is 2.20. The molecule has 20 heavy (non-hydrogen) atoms. The molecular weight excluding hydrogens is 268 g/mol. The van der Waals surface area contributed by atoms with Gasteiger partial charge in [0.25, 0.3) is 0 Å². The van der Waals surface area contributed by atoms with Crippen LogP contribution in [0.5, 0.6) is 5.75 Å². The fraction of sp³-hybridized carbons (Fsp3) is 0.500. The van der Waals surface area contributed by atoms with E-state index in [0.717, 1.165) is 30.9 Å². The van der Waals surface area contributed by atoms with Crippen LogP contribution in [0.4, 0.5) is 0 Å². The number of nitrogens with zero attached hydrogens (tertiary/aromatic N) is 1. The first kappa shape index (κ1) is 15.2. The van der Waals surface area contributed by atoms with Crippen LogP contribution in [0.1, 0.15) is 17.5 Å². The maximum Gasteiger partial charge on any atom is 0.119 e. The molecule has 1 aliphatic rings. The number of hydrogen-bond acceptors (Lipinski definition) is 4. The lowest BCUT2D eigenvalue weighted by molar-refractivity contribution is 0.287. The van der Waals surface area contributed by atoms with Gasteiger partial charge in [-0.1, -0.05) is 11.8 Å². The lowest BCUT2D eigenvalue weighted by Crippen LogP contribution is -2.25. The molecule has 0 saturated carbocycles. The van der Waals surface area contributed by atoms with E-state index in [0.29, 0.717) is 6.54 Å². The predicted octanol–water partition coefficient (Wildman–Crippen LogP) is 1.94. The molecule has 0 amide bonds. The van der Waals surface area contributed by atoms with Gasteiger partial charge in [-0.15, -0.1) is 0 Å². The summed E-state index contributed by atoms with van der Waals surface area (Å²) >= 11 is 2.04. The Morgan fingerprint density at radius 3 is 3.05 bits per heavy atom. The normalized spacial score (nSPS) is 16.1. The first-order valence-corrected chi connectivity index (χ1v) is 8.15. The molecule has 0 spiro atoms. The van der Waals surface area contributed by atoms with Crippen molar-refractivity contribution in [2.45, 2.75) is 13.0 Å². The molecule has 1 aliphatic heterocycles. The van der Waals surface area contributed by atoms with Gasteiger partial charge in [0.05, 0.1) is 13.7 Å². The number of rotatable bonds is 3. The molecule has 0 aliphatic carbocycles. The van der Waals surface area contributed by atoms with Crippen LogP contribution in [-0.4, -0.2) is 43.1 Å². The van der Waals surface area contributed by atoms with Crippen LogP contribution in [0.3, 0.4) is 0 Å². The van der Waals surface area contributed by atoms with Crippen LogP contribution in [0.15, 0.2) is 18.2 Å². The summed E-state index contributed by atoms with van der Waals surface area (Å²) in [5.41, 5.74) is 7.77. The molecule has 1 fully saturated rings. The summed E-state index contributed by atoms with van der Waals surface area (Å²) in [4.78, 5) is 2.50. The molecule has 3 nitrogen and oxygen atoms in total. The number of ether oxygens (including phenoxy) is 1. The Bertz CT molecular complexity index is 485. The zero-order chi connectivity index (χ0) is 14.2. The van der Waals surface area contributed by atoms with Crippen molar-refractivity contribution in [1.29, 1.82) is 0 Å². The van der Waals surface area contributed by atoms with Crippen LogP contribution in [0.25, 0.3) is 0 Å². The zero-order valence-corrected chi connectivity index (χ0v) is 12.8. The first-order valence-electron chi connectivity index (χ1n) is 6.99. The average Bonchev–Trinajstić information content (AvgIpc) is 2.74. The third-order valence-corrected chi connectivity index (χ3v) is 4.39. The molecule has 1 saturated heterocycles. The molecule has 108 valence electrons. The van der Waals surface area contributed by atoms with Gasteiger partial charge in [-0.3, -0.25) is 4.90 Å². The molecule has 1 aromatic carbocycles. The first-order chi connectivity index (χ1) is 9.83. The van der Waals surface area contributed by atoms with Crippen LogP contribution in [0, 0.1) is 11.8 Å². The Labute approximate surface area is 125 Å². The fourth-order valence-corrected chi connectivity index (χ4v) is 3.22. The van der Waals surface area contributed by atoms with E-state index in [1.54, 1.807) is 7.11 Å². The Kier molecular flexibility index (Phi) is 6.25. The smallest absolute Gasteiger partial charge is 0.119 e. The lowest BCUT2D eigenvalue weighted by Gasteiger charge is -2.20. The van der Waals surface area contributed by atoms with Crippen molar-refractivity contribution in [3.8, 4) is 17.6 Å². The largest absolute Gasteiger partial charge is 0.497 e. The van der Waals surface area contributed by atoms with Gasteiger partial charge < -0.3 is 10.5 Å². The fourth-order valence-electron chi connectivity index (χ4n) is 2.29. The summed E-state index contributed by atoms with van der Waals surface area (Å²) in [5, 5.41) is 0. The van der Waals surface area contributed by atoms with Gasteiger partial charge in [-0.05, 0) is 42.5 Å². The van der Waals surface area contributed by atoms with Crippen molar-refractivity contribution in [3.63, 3.8) is 0 Å². The quantitative estimate of drug-likeness (QED) is 0.864. The van der Waals surface area contributed by atoms with Crippen molar-refractivity contribution in [2.24, 2.45) is 5.73 Å². The number of benzene rings is 1. The SMILES string of the molecule is COc1ccc(C#CCN)c(CN2CCCSCC2)c1. The number of hydrogen-bond donors (Lipinski definition) is 1. The van der Waals surface area contributed by atoms with E-state index >= 15 is 0 Å². The van der Waals surface area contributed by atoms with Crippen molar-refractivity contribution in [3.05, 3.63) is 29.3 Å². The van der Waals surface area contributed by atoms with Crippen LogP contribution < -0.4 is 10.5 Å². The van der Waals surface area contributed by atoms with Crippen molar-refractivity contribution in [1.82, 2.24) is 4.90 Å². The van der Waals surface area contributed by atoms with E-state index in [1.807, 2.05) is 23.9 Å². The Hall–Kier alpha value is -1.15. The van der Waals surface area contributed by atoms with Gasteiger partial charge in [0.15, 0.2) is 0 Å². The van der Waals surface area contributed by atoms with E-state index < -0.39 is 0 Å². The van der Waals surface area contributed by atoms with Crippen molar-refractivity contribution in [2.75, 3.05) is 38.2 Å². The summed E-state index contributed by atoms with van der Waals surface area (Å²) in [6.45, 7) is 3.64. The maximum atomic E-state index is 5.48. The zero-order valence-electron chi connectivity index (χ0n) is 12.0. The molecule has 0 aromatic heterocycles. The molecular formula is C16H22N2OS. The number of thioether (sulfide) groups is 1. The summed E-state index contributed by atoms with van der Waals surface area (Å²) in [5.74, 6) is 9.49. The Morgan fingerprint density at radius 1 is 1.35 bits per heavy atom. The maximum absolute atomic E-state index is 5.48. The van der Waals surface area contributed by atoms with Gasteiger partial charge in [-0.25, -0.2) is 0 Å². The Balaban J connectivity index is 2.17. The molecule has 0 radical (unpaired) electrons. The molecule has 2 N–H and O–H groups in total. The highest BCUT2D eigenvalue weighted by molar-refractivity contribution is 7.99. The van der Waals surface area contributed by atoms with Crippen LogP contribution in [0.2, 0.25) is 0 Å². The highest BCUT2D eigenvalue weighted by atomic mass is 32.2. The van der Waals surface area contributed by atoms with Gasteiger partial charge >= 0.3 is 0 Å². The summed E-state index contributed by atoms with van der Waals surface area (Å²) < 4.78 is 5.33.